The Labute approximate surface area is 205 Å². The van der Waals surface area contributed by atoms with Crippen molar-refractivity contribution in [3.63, 3.8) is 0 Å². The van der Waals surface area contributed by atoms with E-state index >= 15 is 0 Å². The molecule has 4 rings (SSSR count). The van der Waals surface area contributed by atoms with Crippen molar-refractivity contribution in [2.45, 2.75) is 13.5 Å². The maximum Gasteiger partial charge on any atom is 0.335 e. The van der Waals surface area contributed by atoms with Gasteiger partial charge in [0.25, 0.3) is 11.8 Å². The molecule has 0 unspecified atom stereocenters. The van der Waals surface area contributed by atoms with E-state index in [0.717, 1.165) is 17.2 Å². The summed E-state index contributed by atoms with van der Waals surface area (Å²) in [7, 11) is 1.43. The molecule has 1 saturated heterocycles. The lowest BCUT2D eigenvalue weighted by molar-refractivity contribution is -0.122. The Morgan fingerprint density at radius 1 is 1.06 bits per heavy atom. The quantitative estimate of drug-likeness (QED) is 0.383. The molecular weight excluding hydrogens is 475 g/mol. The highest BCUT2D eigenvalue weighted by atomic mass is 35.5. The van der Waals surface area contributed by atoms with Gasteiger partial charge in [-0.25, -0.2) is 14.1 Å². The minimum atomic E-state index is -0.974. The van der Waals surface area contributed by atoms with Crippen molar-refractivity contribution in [1.29, 1.82) is 0 Å². The molecule has 1 N–H and O–H groups in total. The third kappa shape index (κ3) is 5.17. The van der Waals surface area contributed by atoms with Crippen molar-refractivity contribution in [2.24, 2.45) is 0 Å². The van der Waals surface area contributed by atoms with Crippen molar-refractivity contribution in [1.82, 2.24) is 5.32 Å². The van der Waals surface area contributed by atoms with Crippen LogP contribution < -0.4 is 19.7 Å². The van der Waals surface area contributed by atoms with E-state index < -0.39 is 23.7 Å². The predicted molar refractivity (Wildman–Crippen MR) is 129 cm³/mol. The smallest absolute Gasteiger partial charge is 0.335 e. The van der Waals surface area contributed by atoms with Crippen LogP contribution in [0.5, 0.6) is 11.5 Å². The van der Waals surface area contributed by atoms with Crippen molar-refractivity contribution < 1.29 is 28.2 Å². The van der Waals surface area contributed by atoms with E-state index in [2.05, 4.69) is 5.32 Å². The minimum Gasteiger partial charge on any atom is -0.493 e. The number of aryl methyl sites for hydroxylation is 1. The van der Waals surface area contributed by atoms with Gasteiger partial charge in [-0.1, -0.05) is 47.5 Å². The summed E-state index contributed by atoms with van der Waals surface area (Å²) in [6.45, 7) is 2.24. The molecule has 0 radical (unpaired) electrons. The number of anilines is 1. The fourth-order valence-corrected chi connectivity index (χ4v) is 3.75. The molecule has 4 amide bonds. The fourth-order valence-electron chi connectivity index (χ4n) is 3.48. The number of carbonyl (C=O) groups is 3. The minimum absolute atomic E-state index is 0.0126. The summed E-state index contributed by atoms with van der Waals surface area (Å²) >= 11 is 6.43. The van der Waals surface area contributed by atoms with Gasteiger partial charge < -0.3 is 9.47 Å². The number of amides is 4. The molecule has 1 heterocycles. The lowest BCUT2D eigenvalue weighted by Gasteiger charge is -2.26. The molecule has 0 atom stereocenters. The summed E-state index contributed by atoms with van der Waals surface area (Å²) in [6, 6.07) is 14.8. The number of rotatable bonds is 6. The highest BCUT2D eigenvalue weighted by Gasteiger charge is 2.37. The van der Waals surface area contributed by atoms with Crippen molar-refractivity contribution in [3.05, 3.63) is 93.8 Å². The first kappa shape index (κ1) is 24.0. The van der Waals surface area contributed by atoms with Gasteiger partial charge in [-0.2, -0.15) is 0 Å². The summed E-state index contributed by atoms with van der Waals surface area (Å²) < 4.78 is 24.9. The molecule has 0 aromatic heterocycles. The zero-order chi connectivity index (χ0) is 25.1. The maximum absolute atomic E-state index is 13.7. The normalized spacial score (nSPS) is 14.8. The number of urea groups is 1. The molecule has 1 fully saturated rings. The molecule has 0 aliphatic carbocycles. The summed E-state index contributed by atoms with van der Waals surface area (Å²) in [5.74, 6) is -1.84. The first-order valence-electron chi connectivity index (χ1n) is 10.5. The Kier molecular flexibility index (Phi) is 6.84. The SMILES string of the molecule is COc1cc(/C=C2\C(=O)NC(=O)N(c3cccc(F)c3)C2=O)cc(Cl)c1OCc1ccc(C)cc1. The summed E-state index contributed by atoms with van der Waals surface area (Å²) in [4.78, 5) is 38.4. The van der Waals surface area contributed by atoms with Crippen LogP contribution in [0, 0.1) is 12.7 Å². The molecule has 9 heteroatoms. The highest BCUT2D eigenvalue weighted by Crippen LogP contribution is 2.38. The molecule has 3 aromatic carbocycles. The molecule has 0 saturated carbocycles. The van der Waals surface area contributed by atoms with Crippen molar-refractivity contribution in [3.8, 4) is 11.5 Å². The lowest BCUT2D eigenvalue weighted by Crippen LogP contribution is -2.54. The third-order valence-corrected chi connectivity index (χ3v) is 5.52. The van der Waals surface area contributed by atoms with Gasteiger partial charge in [-0.3, -0.25) is 14.9 Å². The van der Waals surface area contributed by atoms with Crippen LogP contribution in [0.3, 0.4) is 0 Å². The molecule has 35 heavy (non-hydrogen) atoms. The topological polar surface area (TPSA) is 84.9 Å². The monoisotopic (exact) mass is 494 g/mol. The summed E-state index contributed by atoms with van der Waals surface area (Å²) in [6.07, 6.45) is 1.27. The van der Waals surface area contributed by atoms with Gasteiger partial charge in [-0.05, 0) is 54.5 Å². The number of ether oxygens (including phenoxy) is 2. The molecule has 178 valence electrons. The Morgan fingerprint density at radius 2 is 1.80 bits per heavy atom. The number of carbonyl (C=O) groups excluding carboxylic acids is 3. The largest absolute Gasteiger partial charge is 0.493 e. The van der Waals surface area contributed by atoms with Crippen LogP contribution in [-0.2, 0) is 16.2 Å². The van der Waals surface area contributed by atoms with Gasteiger partial charge in [0.2, 0.25) is 0 Å². The lowest BCUT2D eigenvalue weighted by atomic mass is 10.1. The van der Waals surface area contributed by atoms with Crippen molar-refractivity contribution in [2.75, 3.05) is 12.0 Å². The van der Waals surface area contributed by atoms with Gasteiger partial charge in [0.15, 0.2) is 11.5 Å². The number of nitrogens with one attached hydrogen (secondary N) is 1. The highest BCUT2D eigenvalue weighted by molar-refractivity contribution is 6.39. The molecule has 1 aliphatic rings. The van der Waals surface area contributed by atoms with Crippen LogP contribution in [0.15, 0.2) is 66.2 Å². The number of methoxy groups -OCH3 is 1. The second-order valence-electron chi connectivity index (χ2n) is 7.75. The van der Waals surface area contributed by atoms with E-state index in [1.807, 2.05) is 31.2 Å². The predicted octanol–water partition coefficient (Wildman–Crippen LogP) is 5.04. The first-order chi connectivity index (χ1) is 16.8. The Hall–Kier alpha value is -4.17. The number of benzene rings is 3. The number of barbiturate groups is 1. The number of hydrogen-bond donors (Lipinski definition) is 1. The number of imide groups is 2. The Balaban J connectivity index is 1.64. The fraction of sp³-hybridized carbons (Fsp3) is 0.115. The Morgan fingerprint density at radius 3 is 2.49 bits per heavy atom. The second kappa shape index (κ2) is 9.99. The molecule has 7 nitrogen and oxygen atoms in total. The average molecular weight is 495 g/mol. The van der Waals surface area contributed by atoms with Crippen LogP contribution in [0.25, 0.3) is 6.08 Å². The summed E-state index contributed by atoms with van der Waals surface area (Å²) in [5, 5.41) is 2.29. The van der Waals surface area contributed by atoms with E-state index in [1.165, 1.54) is 37.5 Å². The molecule has 0 bridgehead atoms. The molecular formula is C26H20ClFN2O5. The number of halogens is 2. The van der Waals surface area contributed by atoms with Gasteiger partial charge in [0, 0.05) is 0 Å². The van der Waals surface area contributed by atoms with Crippen molar-refractivity contribution >= 4 is 41.2 Å². The zero-order valence-electron chi connectivity index (χ0n) is 18.8. The number of nitrogens with zero attached hydrogens (tertiary/aromatic N) is 1. The molecule has 1 aliphatic heterocycles. The van der Waals surface area contributed by atoms with E-state index in [-0.39, 0.29) is 28.6 Å². The van der Waals surface area contributed by atoms with E-state index in [0.29, 0.717) is 16.2 Å². The van der Waals surface area contributed by atoms with Crippen LogP contribution in [0.1, 0.15) is 16.7 Å². The second-order valence-corrected chi connectivity index (χ2v) is 8.15. The third-order valence-electron chi connectivity index (χ3n) is 5.23. The van der Waals surface area contributed by atoms with Gasteiger partial charge in [0.05, 0.1) is 17.8 Å². The van der Waals surface area contributed by atoms with Crippen LogP contribution in [-0.4, -0.2) is 25.0 Å². The first-order valence-corrected chi connectivity index (χ1v) is 10.9. The van der Waals surface area contributed by atoms with E-state index in [1.54, 1.807) is 6.07 Å². The van der Waals surface area contributed by atoms with Crippen LogP contribution >= 0.6 is 11.6 Å². The number of hydrogen-bond acceptors (Lipinski definition) is 5. The maximum atomic E-state index is 13.7. The van der Waals surface area contributed by atoms with E-state index in [4.69, 9.17) is 21.1 Å². The molecule has 0 spiro atoms. The molecule has 3 aromatic rings. The van der Waals surface area contributed by atoms with Gasteiger partial charge in [0.1, 0.15) is 18.0 Å². The standard InChI is InChI=1S/C26H20ClFN2O5/c1-15-6-8-16(9-7-15)14-35-23-21(27)11-17(12-22(23)34-2)10-20-24(31)29-26(33)30(25(20)32)19-5-3-4-18(28)13-19/h3-13H,14H2,1-2H3,(H,29,31,33)/b20-10+. The van der Waals surface area contributed by atoms with Crippen LogP contribution in [0.2, 0.25) is 5.02 Å². The average Bonchev–Trinajstić information content (AvgIpc) is 2.82. The van der Waals surface area contributed by atoms with Gasteiger partial charge in [-0.15, -0.1) is 0 Å². The Bertz CT molecular complexity index is 1350. The van der Waals surface area contributed by atoms with Gasteiger partial charge >= 0.3 is 6.03 Å². The van der Waals surface area contributed by atoms with Crippen LogP contribution in [0.4, 0.5) is 14.9 Å². The summed E-state index contributed by atoms with van der Waals surface area (Å²) in [5.41, 5.74) is 2.08. The zero-order valence-corrected chi connectivity index (χ0v) is 19.6. The van der Waals surface area contributed by atoms with E-state index in [9.17, 15) is 18.8 Å².